The van der Waals surface area contributed by atoms with E-state index in [9.17, 15) is 19.7 Å². The molecular weight excluding hydrogens is 374 g/mol. The zero-order valence-corrected chi connectivity index (χ0v) is 16.9. The summed E-state index contributed by atoms with van der Waals surface area (Å²) in [6, 6.07) is 5.84. The lowest BCUT2D eigenvalue weighted by atomic mass is 9.97. The number of carbonyl (C=O) groups excluding carboxylic acids is 2. The van der Waals surface area contributed by atoms with Gasteiger partial charge < -0.3 is 9.64 Å². The number of nitro benzene ring substituents is 1. The molecule has 1 aromatic rings. The zero-order valence-electron chi connectivity index (χ0n) is 16.9. The molecule has 1 unspecified atom stereocenters. The first kappa shape index (κ1) is 21.0. The van der Waals surface area contributed by atoms with Gasteiger partial charge in [-0.15, -0.1) is 0 Å². The van der Waals surface area contributed by atoms with E-state index in [-0.39, 0.29) is 17.5 Å². The van der Waals surface area contributed by atoms with Gasteiger partial charge in [0.1, 0.15) is 5.70 Å². The highest BCUT2D eigenvalue weighted by Gasteiger charge is 2.42. The molecule has 0 aromatic heterocycles. The van der Waals surface area contributed by atoms with Gasteiger partial charge in [-0.1, -0.05) is 6.92 Å². The van der Waals surface area contributed by atoms with Gasteiger partial charge in [0.05, 0.1) is 10.5 Å². The zero-order chi connectivity index (χ0) is 21.0. The molecule has 2 heterocycles. The van der Waals surface area contributed by atoms with Crippen molar-refractivity contribution in [1.82, 2.24) is 9.80 Å². The standard InChI is InChI=1S/C21H27N3O5/c1-3-29-13-5-12-23-20(25)18(16-7-9-17(10-8-16)24(27)28)19(21(23)26)22-11-4-6-15(2)14-22/h7-10,15H,3-6,11-14H2,1-2H3. The number of hydrogen-bond acceptors (Lipinski definition) is 6. The highest BCUT2D eigenvalue weighted by molar-refractivity contribution is 6.35. The fraction of sp³-hybridized carbons (Fsp3) is 0.524. The van der Waals surface area contributed by atoms with Crippen molar-refractivity contribution in [2.24, 2.45) is 5.92 Å². The lowest BCUT2D eigenvalue weighted by Gasteiger charge is -2.33. The van der Waals surface area contributed by atoms with Gasteiger partial charge in [-0.05, 0) is 49.8 Å². The average molecular weight is 401 g/mol. The maximum atomic E-state index is 13.2. The second kappa shape index (κ2) is 9.17. The molecule has 29 heavy (non-hydrogen) atoms. The van der Waals surface area contributed by atoms with Crippen molar-refractivity contribution >= 4 is 23.1 Å². The number of non-ortho nitro benzene ring substituents is 1. The maximum Gasteiger partial charge on any atom is 0.277 e. The minimum absolute atomic E-state index is 0.0483. The lowest BCUT2D eigenvalue weighted by Crippen LogP contribution is -2.39. The molecule has 1 atom stereocenters. The summed E-state index contributed by atoms with van der Waals surface area (Å²) >= 11 is 0. The molecule has 2 amide bonds. The molecule has 2 aliphatic rings. The van der Waals surface area contributed by atoms with E-state index in [2.05, 4.69) is 6.92 Å². The minimum atomic E-state index is -0.479. The second-order valence-electron chi connectivity index (χ2n) is 7.53. The quantitative estimate of drug-likeness (QED) is 0.288. The van der Waals surface area contributed by atoms with Crippen LogP contribution in [0.5, 0.6) is 0 Å². The largest absolute Gasteiger partial charge is 0.382 e. The van der Waals surface area contributed by atoms with E-state index in [4.69, 9.17) is 4.74 Å². The van der Waals surface area contributed by atoms with Crippen molar-refractivity contribution in [3.05, 3.63) is 45.6 Å². The first-order valence-electron chi connectivity index (χ1n) is 10.1. The van der Waals surface area contributed by atoms with Gasteiger partial charge in [0.15, 0.2) is 0 Å². The summed E-state index contributed by atoms with van der Waals surface area (Å²) in [4.78, 5) is 40.2. The predicted molar refractivity (Wildman–Crippen MR) is 108 cm³/mol. The van der Waals surface area contributed by atoms with Gasteiger partial charge in [-0.2, -0.15) is 0 Å². The Labute approximate surface area is 170 Å². The molecule has 8 heteroatoms. The number of amides is 2. The Morgan fingerprint density at radius 2 is 1.93 bits per heavy atom. The van der Waals surface area contributed by atoms with Crippen molar-refractivity contribution in [1.29, 1.82) is 0 Å². The number of rotatable bonds is 8. The summed E-state index contributed by atoms with van der Waals surface area (Å²) in [5.41, 5.74) is 1.25. The van der Waals surface area contributed by atoms with E-state index in [1.165, 1.54) is 17.0 Å². The molecule has 0 N–H and O–H groups in total. The Hall–Kier alpha value is -2.74. The van der Waals surface area contributed by atoms with Crippen molar-refractivity contribution in [3.63, 3.8) is 0 Å². The van der Waals surface area contributed by atoms with E-state index < -0.39 is 4.92 Å². The summed E-state index contributed by atoms with van der Waals surface area (Å²) < 4.78 is 5.33. The molecule has 0 bridgehead atoms. The van der Waals surface area contributed by atoms with Crippen LogP contribution in [0.3, 0.4) is 0 Å². The summed E-state index contributed by atoms with van der Waals surface area (Å²) in [6.07, 6.45) is 2.63. The highest BCUT2D eigenvalue weighted by atomic mass is 16.6. The van der Waals surface area contributed by atoms with Crippen molar-refractivity contribution in [2.75, 3.05) is 32.8 Å². The van der Waals surface area contributed by atoms with Gasteiger partial charge in [0.25, 0.3) is 17.5 Å². The van der Waals surface area contributed by atoms with Gasteiger partial charge >= 0.3 is 0 Å². The van der Waals surface area contributed by atoms with Crippen LogP contribution in [0.2, 0.25) is 0 Å². The Balaban J connectivity index is 1.94. The molecule has 0 aliphatic carbocycles. The molecule has 0 radical (unpaired) electrons. The lowest BCUT2D eigenvalue weighted by molar-refractivity contribution is -0.384. The molecule has 8 nitrogen and oxygen atoms in total. The summed E-state index contributed by atoms with van der Waals surface area (Å²) in [6.45, 7) is 6.84. The van der Waals surface area contributed by atoms with Gasteiger partial charge in [-0.25, -0.2) is 0 Å². The number of nitro groups is 1. The predicted octanol–water partition coefficient (Wildman–Crippen LogP) is 2.83. The number of benzene rings is 1. The van der Waals surface area contributed by atoms with Crippen molar-refractivity contribution in [3.8, 4) is 0 Å². The Morgan fingerprint density at radius 3 is 2.55 bits per heavy atom. The van der Waals surface area contributed by atoms with Crippen LogP contribution in [0.25, 0.3) is 5.57 Å². The molecule has 2 aliphatic heterocycles. The van der Waals surface area contributed by atoms with E-state index in [0.717, 1.165) is 25.9 Å². The van der Waals surface area contributed by atoms with Crippen molar-refractivity contribution in [2.45, 2.75) is 33.1 Å². The molecular formula is C21H27N3O5. The van der Waals surface area contributed by atoms with E-state index >= 15 is 0 Å². The third kappa shape index (κ3) is 4.48. The number of piperidine rings is 1. The molecule has 3 rings (SSSR count). The van der Waals surface area contributed by atoms with Crippen LogP contribution in [0.15, 0.2) is 30.0 Å². The monoisotopic (exact) mass is 401 g/mol. The Bertz CT molecular complexity index is 818. The third-order valence-corrected chi connectivity index (χ3v) is 5.36. The summed E-state index contributed by atoms with van der Waals surface area (Å²) in [5.74, 6) is -0.188. The Kier molecular flexibility index (Phi) is 6.64. The van der Waals surface area contributed by atoms with Crippen LogP contribution in [-0.4, -0.2) is 59.4 Å². The SMILES string of the molecule is CCOCCCN1C(=O)C(c2ccc([N+](=O)[O-])cc2)=C(N2CCCC(C)C2)C1=O. The summed E-state index contributed by atoms with van der Waals surface area (Å²) in [5, 5.41) is 11.0. The van der Waals surface area contributed by atoms with Crippen LogP contribution in [0, 0.1) is 16.0 Å². The molecule has 0 spiro atoms. The average Bonchev–Trinajstić information content (AvgIpc) is 2.95. The maximum absolute atomic E-state index is 13.2. The number of imide groups is 1. The fourth-order valence-electron chi connectivity index (χ4n) is 3.93. The first-order valence-corrected chi connectivity index (χ1v) is 10.1. The topological polar surface area (TPSA) is 93.0 Å². The van der Waals surface area contributed by atoms with Crippen LogP contribution >= 0.6 is 0 Å². The van der Waals surface area contributed by atoms with Crippen LogP contribution in [0.1, 0.15) is 38.7 Å². The highest BCUT2D eigenvalue weighted by Crippen LogP contribution is 2.34. The fourth-order valence-corrected chi connectivity index (χ4v) is 3.93. The second-order valence-corrected chi connectivity index (χ2v) is 7.53. The number of likely N-dealkylation sites (tertiary alicyclic amines) is 1. The number of carbonyl (C=O) groups is 2. The van der Waals surface area contributed by atoms with E-state index in [1.807, 2.05) is 11.8 Å². The third-order valence-electron chi connectivity index (χ3n) is 5.36. The van der Waals surface area contributed by atoms with E-state index in [0.29, 0.717) is 48.9 Å². The number of hydrogen-bond donors (Lipinski definition) is 0. The normalized spacial score (nSPS) is 20.0. The van der Waals surface area contributed by atoms with Crippen molar-refractivity contribution < 1.29 is 19.2 Å². The van der Waals surface area contributed by atoms with E-state index in [1.54, 1.807) is 12.1 Å². The molecule has 1 saturated heterocycles. The molecule has 1 aromatic carbocycles. The number of nitrogens with zero attached hydrogens (tertiary/aromatic N) is 3. The summed E-state index contributed by atoms with van der Waals surface area (Å²) in [7, 11) is 0. The smallest absolute Gasteiger partial charge is 0.277 e. The van der Waals surface area contributed by atoms with Crippen LogP contribution < -0.4 is 0 Å². The van der Waals surface area contributed by atoms with Crippen LogP contribution in [0.4, 0.5) is 5.69 Å². The number of ether oxygens (including phenoxy) is 1. The first-order chi connectivity index (χ1) is 13.9. The van der Waals surface area contributed by atoms with Gasteiger partial charge in [0.2, 0.25) is 0 Å². The van der Waals surface area contributed by atoms with Crippen LogP contribution in [-0.2, 0) is 14.3 Å². The molecule has 0 saturated carbocycles. The Morgan fingerprint density at radius 1 is 1.21 bits per heavy atom. The van der Waals surface area contributed by atoms with Gasteiger partial charge in [0, 0.05) is 45.0 Å². The minimum Gasteiger partial charge on any atom is -0.382 e. The molecule has 1 fully saturated rings. The molecule has 156 valence electrons. The van der Waals surface area contributed by atoms with Gasteiger partial charge in [-0.3, -0.25) is 24.6 Å².